The molecule has 1 fully saturated rings. The fraction of sp³-hybridized carbons (Fsp3) is 0.412. The van der Waals surface area contributed by atoms with Gasteiger partial charge in [0.05, 0.1) is 11.0 Å². The van der Waals surface area contributed by atoms with Gasteiger partial charge < -0.3 is 5.32 Å². The normalized spacial score (nSPS) is 26.4. The Morgan fingerprint density at radius 2 is 2.17 bits per heavy atom. The first-order valence-corrected chi connectivity index (χ1v) is 9.78. The van der Waals surface area contributed by atoms with E-state index in [1.165, 1.54) is 10.4 Å². The number of aromatic nitrogens is 1. The number of hydrogen-bond acceptors (Lipinski definition) is 6. The molecule has 2 unspecified atom stereocenters. The van der Waals surface area contributed by atoms with Crippen LogP contribution in [0.4, 0.5) is 0 Å². The molecular formula is C17H22N4OS2. The Morgan fingerprint density at radius 3 is 2.83 bits per heavy atom. The summed E-state index contributed by atoms with van der Waals surface area (Å²) in [6, 6.07) is 10.3. The van der Waals surface area contributed by atoms with Crippen molar-refractivity contribution in [3.8, 4) is 0 Å². The van der Waals surface area contributed by atoms with Crippen molar-refractivity contribution in [1.82, 2.24) is 20.9 Å². The number of rotatable bonds is 6. The Labute approximate surface area is 150 Å². The standard InChI is InChI=1S/C17H22N4OS2/c1-13(22)20-17(19-9-8-14-6-4-3-5-7-14)21-16(2,11-24-17)15-10-18-12-23-15/h3-7,10,12,19,21H,8-9,11H2,1-2H3,(H,20,22). The minimum atomic E-state index is -0.653. The summed E-state index contributed by atoms with van der Waals surface area (Å²) >= 11 is 3.32. The van der Waals surface area contributed by atoms with Crippen molar-refractivity contribution in [3.63, 3.8) is 0 Å². The second kappa shape index (κ2) is 7.23. The van der Waals surface area contributed by atoms with E-state index in [2.05, 4.69) is 40.0 Å². The van der Waals surface area contributed by atoms with Gasteiger partial charge in [0.1, 0.15) is 0 Å². The van der Waals surface area contributed by atoms with Gasteiger partial charge >= 0.3 is 0 Å². The van der Waals surface area contributed by atoms with Crippen molar-refractivity contribution >= 4 is 29.0 Å². The molecule has 7 heteroatoms. The molecule has 1 aliphatic rings. The quantitative estimate of drug-likeness (QED) is 0.688. The third-order valence-corrected chi connectivity index (χ3v) is 6.53. The Bertz CT molecular complexity index is 679. The number of hydrogen-bond donors (Lipinski definition) is 3. The number of thioether (sulfide) groups is 1. The van der Waals surface area contributed by atoms with Crippen LogP contribution in [0.3, 0.4) is 0 Å². The molecule has 24 heavy (non-hydrogen) atoms. The van der Waals surface area contributed by atoms with Crippen LogP contribution in [0.25, 0.3) is 0 Å². The summed E-state index contributed by atoms with van der Waals surface area (Å²) in [7, 11) is 0. The third kappa shape index (κ3) is 3.97. The van der Waals surface area contributed by atoms with Crippen LogP contribution >= 0.6 is 23.1 Å². The molecule has 0 bridgehead atoms. The zero-order chi connectivity index (χ0) is 17.0. The largest absolute Gasteiger partial charge is 0.317 e. The van der Waals surface area contributed by atoms with Crippen molar-refractivity contribution in [1.29, 1.82) is 0 Å². The molecule has 1 aromatic heterocycles. The van der Waals surface area contributed by atoms with Gasteiger partial charge in [0.15, 0.2) is 5.12 Å². The molecule has 0 radical (unpaired) electrons. The maximum Gasteiger partial charge on any atom is 0.219 e. The zero-order valence-corrected chi connectivity index (χ0v) is 15.5. The van der Waals surface area contributed by atoms with E-state index in [-0.39, 0.29) is 11.4 Å². The third-order valence-electron chi connectivity index (χ3n) is 3.99. The molecule has 5 nitrogen and oxygen atoms in total. The lowest BCUT2D eigenvalue weighted by molar-refractivity contribution is -0.120. The summed E-state index contributed by atoms with van der Waals surface area (Å²) in [6.45, 7) is 4.46. The highest BCUT2D eigenvalue weighted by Crippen LogP contribution is 2.39. The summed E-state index contributed by atoms with van der Waals surface area (Å²) in [5, 5.41) is 9.48. The van der Waals surface area contributed by atoms with Crippen molar-refractivity contribution in [2.45, 2.75) is 30.9 Å². The topological polar surface area (TPSA) is 66.1 Å². The number of benzene rings is 1. The second-order valence-corrected chi connectivity index (χ2v) is 8.21. The van der Waals surface area contributed by atoms with Crippen LogP contribution < -0.4 is 16.0 Å². The van der Waals surface area contributed by atoms with Crippen molar-refractivity contribution in [2.75, 3.05) is 12.3 Å². The fourth-order valence-electron chi connectivity index (χ4n) is 2.82. The molecular weight excluding hydrogens is 340 g/mol. The molecule has 3 N–H and O–H groups in total. The van der Waals surface area contributed by atoms with Gasteiger partial charge in [-0.25, -0.2) is 0 Å². The SMILES string of the molecule is CC(=O)NC1(NCCc2ccccc2)NC(C)(c2cncs2)CS1. The van der Waals surface area contributed by atoms with Gasteiger partial charge in [-0.2, -0.15) is 0 Å². The summed E-state index contributed by atoms with van der Waals surface area (Å²) in [5.41, 5.74) is 2.90. The van der Waals surface area contributed by atoms with Gasteiger partial charge in [0.25, 0.3) is 0 Å². The van der Waals surface area contributed by atoms with Gasteiger partial charge in [-0.3, -0.25) is 20.4 Å². The Hall–Kier alpha value is -1.41. The lowest BCUT2D eigenvalue weighted by Crippen LogP contribution is -2.65. The molecule has 2 atom stereocenters. The summed E-state index contributed by atoms with van der Waals surface area (Å²) < 4.78 is 0. The van der Waals surface area contributed by atoms with Crippen LogP contribution in [0.15, 0.2) is 42.0 Å². The zero-order valence-electron chi connectivity index (χ0n) is 13.8. The molecule has 1 amide bonds. The first kappa shape index (κ1) is 17.4. The predicted octanol–water partition coefficient (Wildman–Crippen LogP) is 2.27. The number of amides is 1. The van der Waals surface area contributed by atoms with E-state index in [0.717, 1.165) is 18.7 Å². The number of nitrogens with one attached hydrogen (secondary N) is 3. The maximum atomic E-state index is 11.7. The summed E-state index contributed by atoms with van der Waals surface area (Å²) in [6.07, 6.45) is 2.80. The highest BCUT2D eigenvalue weighted by molar-refractivity contribution is 8.00. The first-order valence-electron chi connectivity index (χ1n) is 7.91. The van der Waals surface area contributed by atoms with Gasteiger partial charge in [0.2, 0.25) is 5.91 Å². The Morgan fingerprint density at radius 1 is 1.38 bits per heavy atom. The van der Waals surface area contributed by atoms with Crippen LogP contribution in [0, 0.1) is 0 Å². The predicted molar refractivity (Wildman–Crippen MR) is 99.8 cm³/mol. The monoisotopic (exact) mass is 362 g/mol. The number of carbonyl (C=O) groups excluding carboxylic acids is 1. The van der Waals surface area contributed by atoms with Crippen LogP contribution in [-0.2, 0) is 16.8 Å². The van der Waals surface area contributed by atoms with Gasteiger partial charge in [-0.05, 0) is 18.9 Å². The first-order chi connectivity index (χ1) is 11.5. The molecule has 1 aromatic carbocycles. The van der Waals surface area contributed by atoms with Gasteiger partial charge in [-0.1, -0.05) is 42.1 Å². The van der Waals surface area contributed by atoms with E-state index >= 15 is 0 Å². The molecule has 1 aliphatic heterocycles. The van der Waals surface area contributed by atoms with Crippen molar-refractivity contribution in [3.05, 3.63) is 52.5 Å². The average Bonchev–Trinajstić information content (AvgIpc) is 3.18. The fourth-order valence-corrected chi connectivity index (χ4v) is 5.10. The molecule has 128 valence electrons. The minimum absolute atomic E-state index is 0.0595. The van der Waals surface area contributed by atoms with Gasteiger partial charge in [0, 0.05) is 30.3 Å². The van der Waals surface area contributed by atoms with Crippen LogP contribution in [-0.4, -0.2) is 28.3 Å². The van der Waals surface area contributed by atoms with E-state index in [0.29, 0.717) is 0 Å². The molecule has 2 heterocycles. The molecule has 2 aromatic rings. The van der Waals surface area contributed by atoms with Crippen LogP contribution in [0.2, 0.25) is 0 Å². The van der Waals surface area contributed by atoms with Crippen molar-refractivity contribution < 1.29 is 4.79 Å². The highest BCUT2D eigenvalue weighted by Gasteiger charge is 2.47. The van der Waals surface area contributed by atoms with E-state index in [4.69, 9.17) is 0 Å². The van der Waals surface area contributed by atoms with E-state index < -0.39 is 5.12 Å². The highest BCUT2D eigenvalue weighted by atomic mass is 32.2. The Balaban J connectivity index is 1.68. The van der Waals surface area contributed by atoms with Gasteiger partial charge in [-0.15, -0.1) is 11.3 Å². The smallest absolute Gasteiger partial charge is 0.219 e. The molecule has 1 saturated heterocycles. The lowest BCUT2D eigenvalue weighted by Gasteiger charge is -2.34. The summed E-state index contributed by atoms with van der Waals surface area (Å²) in [4.78, 5) is 17.1. The maximum absolute atomic E-state index is 11.7. The number of nitrogens with zero attached hydrogens (tertiary/aromatic N) is 1. The lowest BCUT2D eigenvalue weighted by atomic mass is 10.0. The van der Waals surface area contributed by atoms with E-state index in [1.54, 1.807) is 30.0 Å². The molecule has 3 rings (SSSR count). The molecule has 0 spiro atoms. The molecule has 0 saturated carbocycles. The van der Waals surface area contributed by atoms with Crippen LogP contribution in [0.5, 0.6) is 0 Å². The van der Waals surface area contributed by atoms with E-state index in [9.17, 15) is 4.79 Å². The van der Waals surface area contributed by atoms with Crippen LogP contribution in [0.1, 0.15) is 24.3 Å². The number of thiazole rings is 1. The minimum Gasteiger partial charge on any atom is -0.317 e. The van der Waals surface area contributed by atoms with Crippen molar-refractivity contribution in [2.24, 2.45) is 0 Å². The molecule has 0 aliphatic carbocycles. The number of carbonyl (C=O) groups is 1. The van der Waals surface area contributed by atoms with E-state index in [1.807, 2.05) is 29.9 Å². The second-order valence-electron chi connectivity index (χ2n) is 6.14. The average molecular weight is 363 g/mol. The Kier molecular flexibility index (Phi) is 5.24. The summed E-state index contributed by atoms with van der Waals surface area (Å²) in [5.74, 6) is 0.795.